The van der Waals surface area contributed by atoms with Crippen LogP contribution in [-0.2, 0) is 19.4 Å². The molecular formula is C25H31N3O3S. The summed E-state index contributed by atoms with van der Waals surface area (Å²) in [6.07, 6.45) is 9.72. The maximum absolute atomic E-state index is 13.3. The molecule has 1 atom stereocenters. The molecule has 0 aliphatic heterocycles. The van der Waals surface area contributed by atoms with Gasteiger partial charge >= 0.3 is 0 Å². The highest BCUT2D eigenvalue weighted by molar-refractivity contribution is 7.18. The first-order chi connectivity index (χ1) is 15.5. The molecule has 6 nitrogen and oxygen atoms in total. The van der Waals surface area contributed by atoms with Crippen molar-refractivity contribution >= 4 is 21.6 Å². The number of benzene rings is 1. The number of fused-ring (bicyclic) bond motifs is 3. The number of nitrogens with zero attached hydrogens (tertiary/aromatic N) is 2. The molecule has 2 N–H and O–H groups in total. The molecular weight excluding hydrogens is 422 g/mol. The number of thiophene rings is 1. The summed E-state index contributed by atoms with van der Waals surface area (Å²) >= 11 is 1.65. The number of rotatable bonds is 6. The van der Waals surface area contributed by atoms with E-state index in [9.17, 15) is 9.90 Å². The summed E-state index contributed by atoms with van der Waals surface area (Å²) in [5.41, 5.74) is 1.69. The SMILES string of the molecule is COc1cccc(Cn2cnc3sc4c(c3c2=O)CCC(NCC2(O)CCCCC2)C4)c1. The standard InChI is InChI=1S/C25H31N3O3S/c1-31-19-7-5-6-17(12-19)14-28-16-27-23-22(24(28)29)20-9-8-18(13-21(20)32-23)26-15-25(30)10-3-2-4-11-25/h5-7,12,16,18,26,30H,2-4,8-11,13-15H2,1H3. The maximum atomic E-state index is 13.3. The number of aromatic nitrogens is 2. The predicted octanol–water partition coefficient (Wildman–Crippen LogP) is 3.66. The number of hydrogen-bond acceptors (Lipinski definition) is 6. The number of aliphatic hydroxyl groups is 1. The van der Waals surface area contributed by atoms with Crippen LogP contribution in [0.25, 0.3) is 10.2 Å². The van der Waals surface area contributed by atoms with E-state index in [0.717, 1.165) is 66.5 Å². The number of nitrogens with one attached hydrogen (secondary N) is 1. The van der Waals surface area contributed by atoms with Crippen molar-refractivity contribution in [2.45, 2.75) is 69.6 Å². The highest BCUT2D eigenvalue weighted by Gasteiger charge is 2.31. The lowest BCUT2D eigenvalue weighted by Gasteiger charge is -2.34. The van der Waals surface area contributed by atoms with Crippen molar-refractivity contribution in [2.24, 2.45) is 0 Å². The van der Waals surface area contributed by atoms with E-state index in [1.165, 1.54) is 16.9 Å². The molecule has 32 heavy (non-hydrogen) atoms. The highest BCUT2D eigenvalue weighted by Crippen LogP contribution is 2.34. The van der Waals surface area contributed by atoms with Crippen molar-refractivity contribution in [3.8, 4) is 5.75 Å². The lowest BCUT2D eigenvalue weighted by atomic mass is 9.84. The summed E-state index contributed by atoms with van der Waals surface area (Å²) in [6, 6.07) is 8.14. The molecule has 2 aliphatic rings. The second-order valence-corrected chi connectivity index (χ2v) is 10.4. The van der Waals surface area contributed by atoms with E-state index in [0.29, 0.717) is 19.1 Å². The molecule has 2 aliphatic carbocycles. The summed E-state index contributed by atoms with van der Waals surface area (Å²) < 4.78 is 7.01. The zero-order valence-corrected chi connectivity index (χ0v) is 19.4. The van der Waals surface area contributed by atoms with E-state index in [1.807, 2.05) is 24.3 Å². The summed E-state index contributed by atoms with van der Waals surface area (Å²) in [7, 11) is 1.65. The fourth-order valence-corrected chi connectivity index (χ4v) is 6.43. The summed E-state index contributed by atoms with van der Waals surface area (Å²) in [6.45, 7) is 1.15. The van der Waals surface area contributed by atoms with Gasteiger partial charge in [-0.15, -0.1) is 11.3 Å². The van der Waals surface area contributed by atoms with Gasteiger partial charge in [-0.05, 0) is 55.4 Å². The molecule has 1 aromatic carbocycles. The van der Waals surface area contributed by atoms with E-state index >= 15 is 0 Å². The van der Waals surface area contributed by atoms with Gasteiger partial charge in [0.25, 0.3) is 5.56 Å². The Bertz CT molecular complexity index is 1160. The molecule has 3 aromatic rings. The molecule has 0 amide bonds. The van der Waals surface area contributed by atoms with Crippen LogP contribution in [0.3, 0.4) is 0 Å². The summed E-state index contributed by atoms with van der Waals surface area (Å²) in [4.78, 5) is 20.1. The van der Waals surface area contributed by atoms with E-state index in [4.69, 9.17) is 4.74 Å². The van der Waals surface area contributed by atoms with Gasteiger partial charge in [0.2, 0.25) is 0 Å². The first-order valence-corrected chi connectivity index (χ1v) is 12.4. The Hall–Kier alpha value is -2.22. The fraction of sp³-hybridized carbons (Fsp3) is 0.520. The van der Waals surface area contributed by atoms with Gasteiger partial charge in [0.1, 0.15) is 10.6 Å². The van der Waals surface area contributed by atoms with Gasteiger partial charge in [0.05, 0.1) is 31.0 Å². The van der Waals surface area contributed by atoms with E-state index in [-0.39, 0.29) is 5.56 Å². The zero-order valence-electron chi connectivity index (χ0n) is 18.6. The van der Waals surface area contributed by atoms with Crippen LogP contribution in [-0.4, -0.2) is 40.0 Å². The molecule has 1 fully saturated rings. The average molecular weight is 454 g/mol. The zero-order chi connectivity index (χ0) is 22.1. The first-order valence-electron chi connectivity index (χ1n) is 11.6. The lowest BCUT2D eigenvalue weighted by Crippen LogP contribution is -2.47. The van der Waals surface area contributed by atoms with Crippen LogP contribution in [0.1, 0.15) is 54.5 Å². The van der Waals surface area contributed by atoms with Crippen LogP contribution in [0.15, 0.2) is 35.4 Å². The Kier molecular flexibility index (Phi) is 6.05. The van der Waals surface area contributed by atoms with Gasteiger partial charge in [0.15, 0.2) is 0 Å². The minimum atomic E-state index is -0.548. The van der Waals surface area contributed by atoms with Crippen molar-refractivity contribution < 1.29 is 9.84 Å². The minimum Gasteiger partial charge on any atom is -0.497 e. The van der Waals surface area contributed by atoms with Crippen LogP contribution < -0.4 is 15.6 Å². The smallest absolute Gasteiger partial charge is 0.262 e. The van der Waals surface area contributed by atoms with Gasteiger partial charge in [-0.25, -0.2) is 4.98 Å². The van der Waals surface area contributed by atoms with Crippen LogP contribution in [0.2, 0.25) is 0 Å². The monoisotopic (exact) mass is 453 g/mol. The van der Waals surface area contributed by atoms with Gasteiger partial charge in [0, 0.05) is 17.5 Å². The molecule has 5 rings (SSSR count). The molecule has 0 radical (unpaired) electrons. The van der Waals surface area contributed by atoms with Crippen LogP contribution in [0.5, 0.6) is 5.75 Å². The van der Waals surface area contributed by atoms with Gasteiger partial charge in [-0.3, -0.25) is 9.36 Å². The Morgan fingerprint density at radius 2 is 2.16 bits per heavy atom. The molecule has 170 valence electrons. The van der Waals surface area contributed by atoms with Crippen LogP contribution >= 0.6 is 11.3 Å². The van der Waals surface area contributed by atoms with Gasteiger partial charge < -0.3 is 15.2 Å². The van der Waals surface area contributed by atoms with Crippen molar-refractivity contribution in [3.05, 3.63) is 57.0 Å². The largest absolute Gasteiger partial charge is 0.497 e. The van der Waals surface area contributed by atoms with Crippen molar-refractivity contribution in [1.29, 1.82) is 0 Å². The fourth-order valence-electron chi connectivity index (χ4n) is 5.18. The Morgan fingerprint density at radius 1 is 1.31 bits per heavy atom. The Labute approximate surface area is 192 Å². The lowest BCUT2D eigenvalue weighted by molar-refractivity contribution is 0.00233. The van der Waals surface area contributed by atoms with E-state index < -0.39 is 5.60 Å². The maximum Gasteiger partial charge on any atom is 0.262 e. The molecule has 7 heteroatoms. The minimum absolute atomic E-state index is 0.0400. The van der Waals surface area contributed by atoms with Crippen molar-refractivity contribution in [2.75, 3.05) is 13.7 Å². The third-order valence-corrected chi connectivity index (χ3v) is 8.19. The van der Waals surface area contributed by atoms with E-state index in [2.05, 4.69) is 10.3 Å². The highest BCUT2D eigenvalue weighted by atomic mass is 32.1. The van der Waals surface area contributed by atoms with Crippen molar-refractivity contribution in [3.63, 3.8) is 0 Å². The van der Waals surface area contributed by atoms with Crippen LogP contribution in [0, 0.1) is 0 Å². The number of methoxy groups -OCH3 is 1. The number of ether oxygens (including phenoxy) is 1. The molecule has 2 heterocycles. The molecule has 1 unspecified atom stereocenters. The topological polar surface area (TPSA) is 76.4 Å². The quantitative estimate of drug-likeness (QED) is 0.596. The predicted molar refractivity (Wildman–Crippen MR) is 128 cm³/mol. The third kappa shape index (κ3) is 4.34. The second-order valence-electron chi connectivity index (χ2n) is 9.32. The second kappa shape index (κ2) is 8.96. The average Bonchev–Trinajstić information content (AvgIpc) is 3.19. The molecule has 2 aromatic heterocycles. The van der Waals surface area contributed by atoms with Crippen molar-refractivity contribution in [1.82, 2.24) is 14.9 Å². The molecule has 0 saturated heterocycles. The molecule has 0 spiro atoms. The molecule has 0 bridgehead atoms. The summed E-state index contributed by atoms with van der Waals surface area (Å²) in [5, 5.41) is 15.2. The number of aryl methyl sites for hydroxylation is 1. The normalized spacial score (nSPS) is 20.2. The first kappa shape index (κ1) is 21.6. The summed E-state index contributed by atoms with van der Waals surface area (Å²) in [5.74, 6) is 0.786. The Balaban J connectivity index is 1.34. The van der Waals surface area contributed by atoms with Gasteiger partial charge in [-0.1, -0.05) is 31.4 Å². The Morgan fingerprint density at radius 3 is 2.97 bits per heavy atom. The number of hydrogen-bond donors (Lipinski definition) is 2. The van der Waals surface area contributed by atoms with Crippen LogP contribution in [0.4, 0.5) is 0 Å². The van der Waals surface area contributed by atoms with E-state index in [1.54, 1.807) is 29.3 Å². The third-order valence-electron chi connectivity index (χ3n) is 7.03. The molecule has 1 saturated carbocycles. The van der Waals surface area contributed by atoms with Gasteiger partial charge in [-0.2, -0.15) is 0 Å².